The minimum atomic E-state index is -0.841. The molecule has 0 aliphatic heterocycles. The van der Waals surface area contributed by atoms with Gasteiger partial charge in [-0.1, -0.05) is 19.3 Å². The van der Waals surface area contributed by atoms with Crippen LogP contribution in [0.3, 0.4) is 0 Å². The van der Waals surface area contributed by atoms with Crippen molar-refractivity contribution in [3.8, 4) is 0 Å². The fraction of sp³-hybridized carbons (Fsp3) is 0.526. The molecule has 0 radical (unpaired) electrons. The number of amides is 2. The second kappa shape index (κ2) is 7.25. The van der Waals surface area contributed by atoms with Crippen LogP contribution in [0.15, 0.2) is 24.3 Å². The molecule has 0 spiro atoms. The van der Waals surface area contributed by atoms with E-state index in [-0.39, 0.29) is 24.3 Å². The van der Waals surface area contributed by atoms with Crippen LogP contribution < -0.4 is 10.6 Å². The minimum Gasteiger partial charge on any atom is -0.481 e. The lowest BCUT2D eigenvalue weighted by molar-refractivity contribution is -0.150. The summed E-state index contributed by atoms with van der Waals surface area (Å²) >= 11 is 0. The van der Waals surface area contributed by atoms with Gasteiger partial charge >= 0.3 is 5.97 Å². The summed E-state index contributed by atoms with van der Waals surface area (Å²) in [6.07, 6.45) is 5.92. The van der Waals surface area contributed by atoms with E-state index in [0.717, 1.165) is 32.1 Å². The van der Waals surface area contributed by atoms with Crippen molar-refractivity contribution in [1.82, 2.24) is 5.32 Å². The molecule has 2 amide bonds. The van der Waals surface area contributed by atoms with Crippen molar-refractivity contribution in [3.63, 3.8) is 0 Å². The molecule has 1 aromatic rings. The SMILES string of the molecule is O=C(NCC1(C(=O)O)CCCCC1)c1ccc(NC(=O)C2CC2)cc1. The number of hydrogen-bond acceptors (Lipinski definition) is 3. The van der Waals surface area contributed by atoms with Crippen molar-refractivity contribution < 1.29 is 19.5 Å². The molecule has 2 fully saturated rings. The molecule has 2 aliphatic rings. The lowest BCUT2D eigenvalue weighted by atomic mass is 9.74. The van der Waals surface area contributed by atoms with Crippen LogP contribution in [0, 0.1) is 11.3 Å². The van der Waals surface area contributed by atoms with Gasteiger partial charge in [-0.05, 0) is 49.9 Å². The van der Waals surface area contributed by atoms with Crippen LogP contribution in [0.1, 0.15) is 55.3 Å². The van der Waals surface area contributed by atoms with E-state index in [4.69, 9.17) is 0 Å². The number of carboxylic acids is 1. The average molecular weight is 344 g/mol. The lowest BCUT2D eigenvalue weighted by Crippen LogP contribution is -2.44. The number of hydrogen-bond donors (Lipinski definition) is 3. The highest BCUT2D eigenvalue weighted by Crippen LogP contribution is 2.36. The van der Waals surface area contributed by atoms with E-state index in [1.807, 2.05) is 0 Å². The molecule has 0 unspecified atom stereocenters. The molecule has 0 saturated heterocycles. The van der Waals surface area contributed by atoms with E-state index in [0.29, 0.717) is 24.1 Å². The van der Waals surface area contributed by atoms with E-state index >= 15 is 0 Å². The van der Waals surface area contributed by atoms with Gasteiger partial charge in [0.25, 0.3) is 5.91 Å². The van der Waals surface area contributed by atoms with Crippen molar-refractivity contribution in [2.75, 3.05) is 11.9 Å². The Hall–Kier alpha value is -2.37. The topological polar surface area (TPSA) is 95.5 Å². The second-order valence-electron chi connectivity index (χ2n) is 7.17. The maximum Gasteiger partial charge on any atom is 0.311 e. The predicted molar refractivity (Wildman–Crippen MR) is 93.3 cm³/mol. The number of carbonyl (C=O) groups is 3. The Morgan fingerprint density at radius 3 is 2.24 bits per heavy atom. The van der Waals surface area contributed by atoms with Gasteiger partial charge in [-0.3, -0.25) is 14.4 Å². The third kappa shape index (κ3) is 4.18. The molecule has 25 heavy (non-hydrogen) atoms. The summed E-state index contributed by atoms with van der Waals surface area (Å²) in [6.45, 7) is 0.154. The molecule has 2 aliphatic carbocycles. The van der Waals surface area contributed by atoms with Gasteiger partial charge in [-0.25, -0.2) is 0 Å². The smallest absolute Gasteiger partial charge is 0.311 e. The number of carboxylic acid groups (broad SMARTS) is 1. The number of benzene rings is 1. The minimum absolute atomic E-state index is 0.0258. The fourth-order valence-electron chi connectivity index (χ4n) is 3.34. The Kier molecular flexibility index (Phi) is 5.06. The summed E-state index contributed by atoms with van der Waals surface area (Å²) in [7, 11) is 0. The van der Waals surface area contributed by atoms with Gasteiger partial charge in [0.15, 0.2) is 0 Å². The molecule has 3 rings (SSSR count). The van der Waals surface area contributed by atoms with Gasteiger partial charge < -0.3 is 15.7 Å². The van der Waals surface area contributed by atoms with E-state index in [1.54, 1.807) is 24.3 Å². The molecule has 1 aromatic carbocycles. The number of nitrogens with one attached hydrogen (secondary N) is 2. The number of carbonyl (C=O) groups excluding carboxylic acids is 2. The van der Waals surface area contributed by atoms with Crippen LogP contribution in [0.5, 0.6) is 0 Å². The molecule has 134 valence electrons. The Morgan fingerprint density at radius 2 is 1.68 bits per heavy atom. The number of rotatable bonds is 6. The van der Waals surface area contributed by atoms with E-state index in [1.165, 1.54) is 0 Å². The zero-order valence-electron chi connectivity index (χ0n) is 14.2. The van der Waals surface area contributed by atoms with Gasteiger partial charge in [0.05, 0.1) is 5.41 Å². The first-order valence-electron chi connectivity index (χ1n) is 8.93. The lowest BCUT2D eigenvalue weighted by Gasteiger charge is -2.33. The zero-order chi connectivity index (χ0) is 17.9. The van der Waals surface area contributed by atoms with Crippen LogP contribution >= 0.6 is 0 Å². The molecular formula is C19H24N2O4. The van der Waals surface area contributed by atoms with Crippen molar-refractivity contribution in [1.29, 1.82) is 0 Å². The Labute approximate surface area is 147 Å². The van der Waals surface area contributed by atoms with Crippen LogP contribution in [-0.4, -0.2) is 29.4 Å². The summed E-state index contributed by atoms with van der Waals surface area (Å²) in [5.74, 6) is -0.958. The normalized spacial score (nSPS) is 19.0. The quantitative estimate of drug-likeness (QED) is 0.739. The summed E-state index contributed by atoms with van der Waals surface area (Å²) in [5.41, 5.74) is 0.287. The van der Waals surface area contributed by atoms with E-state index in [9.17, 15) is 19.5 Å². The third-order valence-electron chi connectivity index (χ3n) is 5.21. The summed E-state index contributed by atoms with van der Waals surface area (Å²) < 4.78 is 0. The average Bonchev–Trinajstić information content (AvgIpc) is 3.46. The monoisotopic (exact) mass is 344 g/mol. The predicted octanol–water partition coefficient (Wildman–Crippen LogP) is 2.80. The molecule has 6 nitrogen and oxygen atoms in total. The standard InChI is InChI=1S/C19H24N2O4/c22-16(20-12-19(18(24)25)10-2-1-3-11-19)13-6-8-15(9-7-13)21-17(23)14-4-5-14/h6-9,14H,1-5,10-12H2,(H,20,22)(H,21,23)(H,24,25). The Balaban J connectivity index is 1.57. The first kappa shape index (κ1) is 17.5. The van der Waals surface area contributed by atoms with Gasteiger partial charge in [0.1, 0.15) is 0 Å². The van der Waals surface area contributed by atoms with E-state index in [2.05, 4.69) is 10.6 Å². The summed E-state index contributed by atoms with van der Waals surface area (Å²) in [6, 6.07) is 6.68. The fourth-order valence-corrected chi connectivity index (χ4v) is 3.34. The van der Waals surface area contributed by atoms with Crippen molar-refractivity contribution >= 4 is 23.5 Å². The highest BCUT2D eigenvalue weighted by molar-refractivity contribution is 5.97. The first-order valence-corrected chi connectivity index (χ1v) is 8.93. The van der Waals surface area contributed by atoms with Gasteiger partial charge in [0.2, 0.25) is 5.91 Å². The second-order valence-corrected chi connectivity index (χ2v) is 7.17. The molecule has 0 heterocycles. The summed E-state index contributed by atoms with van der Waals surface area (Å²) in [4.78, 5) is 35.7. The highest BCUT2D eigenvalue weighted by Gasteiger charge is 2.39. The first-order chi connectivity index (χ1) is 12.0. The maximum absolute atomic E-state index is 12.3. The van der Waals surface area contributed by atoms with Gasteiger partial charge in [-0.2, -0.15) is 0 Å². The largest absolute Gasteiger partial charge is 0.481 e. The molecule has 0 atom stereocenters. The molecule has 0 bridgehead atoms. The zero-order valence-corrected chi connectivity index (χ0v) is 14.2. The Morgan fingerprint density at radius 1 is 1.04 bits per heavy atom. The maximum atomic E-state index is 12.3. The van der Waals surface area contributed by atoms with Crippen molar-refractivity contribution in [3.05, 3.63) is 29.8 Å². The van der Waals surface area contributed by atoms with Crippen molar-refractivity contribution in [2.24, 2.45) is 11.3 Å². The Bertz CT molecular complexity index is 659. The molecule has 2 saturated carbocycles. The number of anilines is 1. The van der Waals surface area contributed by atoms with Crippen molar-refractivity contribution in [2.45, 2.75) is 44.9 Å². The number of aliphatic carboxylic acids is 1. The molecular weight excluding hydrogens is 320 g/mol. The molecule has 6 heteroatoms. The molecule has 0 aromatic heterocycles. The van der Waals surface area contributed by atoms with Crippen LogP contribution in [0.4, 0.5) is 5.69 Å². The van der Waals surface area contributed by atoms with Gasteiger partial charge in [0, 0.05) is 23.7 Å². The third-order valence-corrected chi connectivity index (χ3v) is 5.21. The molecule has 3 N–H and O–H groups in total. The van der Waals surface area contributed by atoms with Crippen LogP contribution in [0.2, 0.25) is 0 Å². The highest BCUT2D eigenvalue weighted by atomic mass is 16.4. The van der Waals surface area contributed by atoms with Crippen LogP contribution in [-0.2, 0) is 9.59 Å². The van der Waals surface area contributed by atoms with Gasteiger partial charge in [-0.15, -0.1) is 0 Å². The summed E-state index contributed by atoms with van der Waals surface area (Å²) in [5, 5.41) is 15.1. The van der Waals surface area contributed by atoms with Crippen LogP contribution in [0.25, 0.3) is 0 Å². The van der Waals surface area contributed by atoms with E-state index < -0.39 is 11.4 Å².